The van der Waals surface area contributed by atoms with Crippen LogP contribution in [-0.4, -0.2) is 8.07 Å². The first-order valence-electron chi connectivity index (χ1n) is 4.51. The molecule has 0 unspecified atom stereocenters. The molecule has 13 heavy (non-hydrogen) atoms. The molecular formula is C12H16Si. The van der Waals surface area contributed by atoms with Crippen molar-refractivity contribution in [1.29, 1.82) is 0 Å². The largest absolute Gasteiger partial charge is 0.129 e. The van der Waals surface area contributed by atoms with E-state index in [9.17, 15) is 0 Å². The molecule has 0 nitrogen and oxygen atoms in total. The Morgan fingerprint density at radius 2 is 1.69 bits per heavy atom. The van der Waals surface area contributed by atoms with Gasteiger partial charge in [0.25, 0.3) is 0 Å². The molecule has 1 aromatic rings. The second-order valence-electron chi connectivity index (χ2n) is 4.17. The predicted octanol–water partition coefficient (Wildman–Crippen LogP) is 3.73. The Morgan fingerprint density at radius 3 is 2.08 bits per heavy atom. The van der Waals surface area contributed by atoms with Crippen LogP contribution in [0, 0.1) is 0 Å². The predicted molar refractivity (Wildman–Crippen MR) is 62.3 cm³/mol. The molecule has 0 aliphatic carbocycles. The van der Waals surface area contributed by atoms with Crippen molar-refractivity contribution in [3.8, 4) is 0 Å². The van der Waals surface area contributed by atoms with Crippen molar-refractivity contribution in [2.75, 3.05) is 0 Å². The minimum absolute atomic E-state index is 1.27. The maximum atomic E-state index is 3.78. The van der Waals surface area contributed by atoms with Crippen LogP contribution in [0.5, 0.6) is 0 Å². The summed E-state index contributed by atoms with van der Waals surface area (Å²) in [5.74, 6) is 0. The van der Waals surface area contributed by atoms with Crippen LogP contribution in [0.25, 0.3) is 5.20 Å². The average Bonchev–Trinajstić information content (AvgIpc) is 2.05. The molecule has 0 fully saturated rings. The molecule has 0 aliphatic heterocycles. The lowest BCUT2D eigenvalue weighted by molar-refractivity contribution is 1.62. The third-order valence-electron chi connectivity index (χ3n) is 1.99. The number of hydrogen-bond donors (Lipinski definition) is 0. The first-order valence-corrected chi connectivity index (χ1v) is 8.01. The van der Waals surface area contributed by atoms with Crippen LogP contribution in [0.2, 0.25) is 19.6 Å². The minimum atomic E-state index is -1.28. The van der Waals surface area contributed by atoms with E-state index >= 15 is 0 Å². The molecule has 0 saturated carbocycles. The fraction of sp³-hybridized carbons (Fsp3) is 0.250. The molecule has 0 aromatic heterocycles. The summed E-state index contributed by atoms with van der Waals surface area (Å²) in [6, 6.07) is 10.4. The number of hydrogen-bond acceptors (Lipinski definition) is 0. The Morgan fingerprint density at radius 1 is 1.15 bits per heavy atom. The molecule has 0 amide bonds. The minimum Gasteiger partial charge on any atom is -0.129 e. The van der Waals surface area contributed by atoms with Crippen LogP contribution in [-0.2, 0) is 0 Å². The van der Waals surface area contributed by atoms with Gasteiger partial charge in [0.2, 0.25) is 0 Å². The number of rotatable bonds is 2. The summed E-state index contributed by atoms with van der Waals surface area (Å²) < 4.78 is 0. The third-order valence-corrected chi connectivity index (χ3v) is 3.95. The van der Waals surface area contributed by atoms with Gasteiger partial charge in [-0.2, -0.15) is 0 Å². The molecule has 1 rings (SSSR count). The highest BCUT2D eigenvalue weighted by atomic mass is 28.3. The molecule has 0 radical (unpaired) electrons. The Bertz CT molecular complexity index is 324. The smallest absolute Gasteiger partial charge is 0.0883 e. The Kier molecular flexibility index (Phi) is 2.92. The van der Waals surface area contributed by atoms with Crippen molar-refractivity contribution in [3.63, 3.8) is 0 Å². The summed E-state index contributed by atoms with van der Waals surface area (Å²) in [4.78, 5) is 0. The van der Waals surface area contributed by atoms with Crippen molar-refractivity contribution < 1.29 is 0 Å². The fourth-order valence-corrected chi connectivity index (χ4v) is 2.97. The summed E-state index contributed by atoms with van der Waals surface area (Å²) in [7, 11) is -1.28. The topological polar surface area (TPSA) is 0 Å². The van der Waals surface area contributed by atoms with Crippen molar-refractivity contribution in [3.05, 3.63) is 48.2 Å². The molecule has 1 aromatic carbocycles. The molecule has 68 valence electrons. The Labute approximate surface area is 81.6 Å². The fourth-order valence-electron chi connectivity index (χ4n) is 1.41. The van der Waals surface area contributed by atoms with E-state index in [0.717, 1.165) is 0 Å². The SMILES string of the molecule is C=C=C(c1ccccc1)[Si](C)(C)C. The molecular weight excluding hydrogens is 172 g/mol. The van der Waals surface area contributed by atoms with E-state index in [1.54, 1.807) is 0 Å². The molecule has 1 heteroatoms. The van der Waals surface area contributed by atoms with Gasteiger partial charge in [-0.1, -0.05) is 56.6 Å². The summed E-state index contributed by atoms with van der Waals surface area (Å²) in [5.41, 5.74) is 4.36. The van der Waals surface area contributed by atoms with Crippen molar-refractivity contribution >= 4 is 13.3 Å². The Hall–Kier alpha value is -1.04. The zero-order valence-electron chi connectivity index (χ0n) is 8.59. The van der Waals surface area contributed by atoms with Gasteiger partial charge in [-0.15, -0.1) is 5.73 Å². The van der Waals surface area contributed by atoms with E-state index in [1.165, 1.54) is 10.8 Å². The summed E-state index contributed by atoms with van der Waals surface area (Å²) >= 11 is 0. The van der Waals surface area contributed by atoms with Crippen LogP contribution in [0.3, 0.4) is 0 Å². The van der Waals surface area contributed by atoms with Crippen molar-refractivity contribution in [1.82, 2.24) is 0 Å². The zero-order chi connectivity index (χ0) is 9.90. The maximum Gasteiger partial charge on any atom is 0.0883 e. The lowest BCUT2D eigenvalue weighted by atomic mass is 10.2. The van der Waals surface area contributed by atoms with E-state index < -0.39 is 8.07 Å². The normalized spacial score (nSPS) is 10.7. The van der Waals surface area contributed by atoms with Crippen molar-refractivity contribution in [2.24, 2.45) is 0 Å². The van der Waals surface area contributed by atoms with E-state index in [0.29, 0.717) is 0 Å². The van der Waals surface area contributed by atoms with Gasteiger partial charge in [0.05, 0.1) is 8.07 Å². The lowest BCUT2D eigenvalue weighted by Crippen LogP contribution is -2.22. The first kappa shape index (κ1) is 10.0. The van der Waals surface area contributed by atoms with Gasteiger partial charge in [-0.3, -0.25) is 0 Å². The standard InChI is InChI=1S/C12H16Si/c1-5-12(13(2,3)4)11-9-7-6-8-10-11/h6-10H,1H2,2-4H3. The highest BCUT2D eigenvalue weighted by molar-refractivity contribution is 6.93. The quantitative estimate of drug-likeness (QED) is 0.490. The van der Waals surface area contributed by atoms with Gasteiger partial charge < -0.3 is 0 Å². The van der Waals surface area contributed by atoms with Gasteiger partial charge >= 0.3 is 0 Å². The monoisotopic (exact) mass is 188 g/mol. The summed E-state index contributed by atoms with van der Waals surface area (Å²) in [5, 5.41) is 1.31. The average molecular weight is 188 g/mol. The van der Waals surface area contributed by atoms with Crippen LogP contribution in [0.15, 0.2) is 42.6 Å². The number of benzene rings is 1. The molecule has 0 aliphatic rings. The highest BCUT2D eigenvalue weighted by Gasteiger charge is 2.20. The highest BCUT2D eigenvalue weighted by Crippen LogP contribution is 2.23. The molecule has 0 heterocycles. The van der Waals surface area contributed by atoms with E-state index in [2.05, 4.69) is 56.2 Å². The van der Waals surface area contributed by atoms with Gasteiger partial charge in [-0.05, 0) is 10.8 Å². The summed E-state index contributed by atoms with van der Waals surface area (Å²) in [6.45, 7) is 10.7. The van der Waals surface area contributed by atoms with Crippen LogP contribution in [0.1, 0.15) is 5.56 Å². The van der Waals surface area contributed by atoms with Gasteiger partial charge in [0, 0.05) is 0 Å². The lowest BCUT2D eigenvalue weighted by Gasteiger charge is -2.18. The van der Waals surface area contributed by atoms with Crippen LogP contribution >= 0.6 is 0 Å². The third kappa shape index (κ3) is 2.45. The van der Waals surface area contributed by atoms with Gasteiger partial charge in [0.1, 0.15) is 0 Å². The van der Waals surface area contributed by atoms with Crippen LogP contribution < -0.4 is 0 Å². The second-order valence-corrected chi connectivity index (χ2v) is 9.17. The molecule has 0 atom stereocenters. The van der Waals surface area contributed by atoms with Crippen molar-refractivity contribution in [2.45, 2.75) is 19.6 Å². The molecule has 0 bridgehead atoms. The second kappa shape index (κ2) is 3.78. The van der Waals surface area contributed by atoms with Gasteiger partial charge in [0.15, 0.2) is 0 Å². The molecule has 0 spiro atoms. The van der Waals surface area contributed by atoms with E-state index in [4.69, 9.17) is 0 Å². The first-order chi connectivity index (χ1) is 6.05. The maximum absolute atomic E-state index is 3.78. The zero-order valence-corrected chi connectivity index (χ0v) is 9.59. The molecule has 0 N–H and O–H groups in total. The Balaban J connectivity index is 3.15. The van der Waals surface area contributed by atoms with E-state index in [1.807, 2.05) is 6.07 Å². The van der Waals surface area contributed by atoms with Crippen LogP contribution in [0.4, 0.5) is 0 Å². The van der Waals surface area contributed by atoms with Gasteiger partial charge in [-0.25, -0.2) is 0 Å². The molecule has 0 saturated heterocycles. The summed E-state index contributed by atoms with van der Waals surface area (Å²) in [6.07, 6.45) is 0. The van der Waals surface area contributed by atoms with E-state index in [-0.39, 0.29) is 0 Å².